The molecule has 1 aromatic carbocycles. The lowest BCUT2D eigenvalue weighted by Crippen LogP contribution is -2.35. The molecule has 0 spiro atoms. The van der Waals surface area contributed by atoms with E-state index < -0.39 is 17.7 Å². The Hall–Kier alpha value is -1.21. The summed E-state index contributed by atoms with van der Waals surface area (Å²) in [4.78, 5) is 0. The third-order valence-corrected chi connectivity index (χ3v) is 2.95. The Morgan fingerprint density at radius 3 is 2.16 bits per heavy atom. The fourth-order valence-electron chi connectivity index (χ4n) is 1.87. The van der Waals surface area contributed by atoms with E-state index >= 15 is 0 Å². The summed E-state index contributed by atoms with van der Waals surface area (Å²) in [6.45, 7) is 1.54. The van der Waals surface area contributed by atoms with Crippen LogP contribution in [0.5, 0.6) is 0 Å². The average Bonchev–Trinajstić information content (AvgIpc) is 2.39. The summed E-state index contributed by atoms with van der Waals surface area (Å²) in [5, 5.41) is 3.09. The zero-order valence-corrected chi connectivity index (χ0v) is 9.81. The molecule has 0 bridgehead atoms. The van der Waals surface area contributed by atoms with Gasteiger partial charge in [-0.15, -0.1) is 0 Å². The number of benzene rings is 1. The Morgan fingerprint density at radius 2 is 1.68 bits per heavy atom. The van der Waals surface area contributed by atoms with Gasteiger partial charge in [0.05, 0.1) is 19.3 Å². The molecule has 1 heterocycles. The van der Waals surface area contributed by atoms with E-state index in [2.05, 4.69) is 5.32 Å². The van der Waals surface area contributed by atoms with Gasteiger partial charge in [0.15, 0.2) is 0 Å². The number of nitrogens with one attached hydrogen (secondary N) is 1. The lowest BCUT2D eigenvalue weighted by Gasteiger charge is -2.25. The monoisotopic (exact) mass is 281 g/mol. The van der Waals surface area contributed by atoms with Crippen LogP contribution >= 0.6 is 0 Å². The molecule has 0 saturated carbocycles. The SMILES string of the molecule is FC(F)(F)C(F)(F)c1ccc([C@H]2COCCN2)cc1. The van der Waals surface area contributed by atoms with Gasteiger partial charge in [-0.2, -0.15) is 22.0 Å². The predicted octanol–water partition coefficient (Wildman–Crippen LogP) is 3.00. The lowest BCUT2D eigenvalue weighted by atomic mass is 10.0. The highest BCUT2D eigenvalue weighted by atomic mass is 19.4. The van der Waals surface area contributed by atoms with Crippen LogP contribution in [0.3, 0.4) is 0 Å². The molecular weight excluding hydrogens is 269 g/mol. The highest BCUT2D eigenvalue weighted by molar-refractivity contribution is 5.29. The van der Waals surface area contributed by atoms with Crippen molar-refractivity contribution in [3.63, 3.8) is 0 Å². The molecule has 1 saturated heterocycles. The first kappa shape index (κ1) is 14.2. The van der Waals surface area contributed by atoms with E-state index in [0.29, 0.717) is 25.3 Å². The Kier molecular flexibility index (Phi) is 3.78. The van der Waals surface area contributed by atoms with Crippen molar-refractivity contribution >= 4 is 0 Å². The minimum atomic E-state index is -5.58. The molecule has 0 aliphatic carbocycles. The zero-order valence-electron chi connectivity index (χ0n) is 9.81. The molecule has 1 aliphatic rings. The second-order valence-corrected chi connectivity index (χ2v) is 4.28. The summed E-state index contributed by atoms with van der Waals surface area (Å²) < 4.78 is 67.9. The van der Waals surface area contributed by atoms with Crippen molar-refractivity contribution in [1.29, 1.82) is 0 Å². The van der Waals surface area contributed by atoms with E-state index in [9.17, 15) is 22.0 Å². The predicted molar refractivity (Wildman–Crippen MR) is 58.0 cm³/mol. The van der Waals surface area contributed by atoms with Crippen molar-refractivity contribution in [2.75, 3.05) is 19.8 Å². The van der Waals surface area contributed by atoms with Crippen LogP contribution in [0.2, 0.25) is 0 Å². The van der Waals surface area contributed by atoms with Gasteiger partial charge in [0.2, 0.25) is 0 Å². The maximum absolute atomic E-state index is 13.1. The summed E-state index contributed by atoms with van der Waals surface area (Å²) >= 11 is 0. The topological polar surface area (TPSA) is 21.3 Å². The molecule has 0 amide bonds. The minimum Gasteiger partial charge on any atom is -0.378 e. The molecule has 2 nitrogen and oxygen atoms in total. The first-order valence-electron chi connectivity index (χ1n) is 5.68. The van der Waals surface area contributed by atoms with Crippen molar-refractivity contribution in [2.24, 2.45) is 0 Å². The molecule has 19 heavy (non-hydrogen) atoms. The van der Waals surface area contributed by atoms with Crippen molar-refractivity contribution in [3.05, 3.63) is 35.4 Å². The summed E-state index contributed by atoms with van der Waals surface area (Å²) in [5.74, 6) is -4.83. The molecule has 0 aromatic heterocycles. The summed E-state index contributed by atoms with van der Waals surface area (Å²) in [7, 11) is 0. The first-order valence-corrected chi connectivity index (χ1v) is 5.68. The van der Waals surface area contributed by atoms with Crippen LogP contribution in [0.25, 0.3) is 0 Å². The fourth-order valence-corrected chi connectivity index (χ4v) is 1.87. The van der Waals surface area contributed by atoms with E-state index in [0.717, 1.165) is 12.1 Å². The van der Waals surface area contributed by atoms with E-state index in [-0.39, 0.29) is 6.04 Å². The van der Waals surface area contributed by atoms with Crippen molar-refractivity contribution in [3.8, 4) is 0 Å². The molecule has 7 heteroatoms. The largest absolute Gasteiger partial charge is 0.458 e. The summed E-state index contributed by atoms with van der Waals surface area (Å²) in [6.07, 6.45) is -5.58. The third kappa shape index (κ3) is 2.87. The second kappa shape index (κ2) is 5.05. The molecular formula is C12H12F5NO. The first-order chi connectivity index (χ1) is 8.82. The van der Waals surface area contributed by atoms with Crippen molar-refractivity contribution in [1.82, 2.24) is 5.32 Å². The van der Waals surface area contributed by atoms with Crippen LogP contribution in [-0.2, 0) is 10.7 Å². The van der Waals surface area contributed by atoms with Crippen molar-refractivity contribution in [2.45, 2.75) is 18.1 Å². The van der Waals surface area contributed by atoms with Gasteiger partial charge in [-0.3, -0.25) is 0 Å². The smallest absolute Gasteiger partial charge is 0.378 e. The number of alkyl halides is 5. The van der Waals surface area contributed by atoms with Crippen LogP contribution in [-0.4, -0.2) is 25.9 Å². The van der Waals surface area contributed by atoms with Crippen LogP contribution in [0.4, 0.5) is 22.0 Å². The standard InChI is InChI=1S/C12H12F5NO/c13-11(14,12(15,16)17)9-3-1-8(2-4-9)10-7-19-6-5-18-10/h1-4,10,18H,5-7H2/t10-/m1/s1. The Balaban J connectivity index is 2.18. The number of ether oxygens (including phenoxy) is 1. The maximum atomic E-state index is 13.1. The maximum Gasteiger partial charge on any atom is 0.458 e. The van der Waals surface area contributed by atoms with Gasteiger partial charge in [-0.1, -0.05) is 24.3 Å². The highest BCUT2D eigenvalue weighted by Gasteiger charge is 2.58. The molecule has 0 radical (unpaired) electrons. The summed E-state index contributed by atoms with van der Waals surface area (Å²) in [5.41, 5.74) is -0.429. The van der Waals surface area contributed by atoms with E-state index in [4.69, 9.17) is 4.74 Å². The van der Waals surface area contributed by atoms with E-state index in [1.54, 1.807) is 0 Å². The van der Waals surface area contributed by atoms with Gasteiger partial charge >= 0.3 is 12.1 Å². The lowest BCUT2D eigenvalue weighted by molar-refractivity contribution is -0.289. The van der Waals surface area contributed by atoms with Gasteiger partial charge in [0, 0.05) is 12.1 Å². The normalized spacial score (nSPS) is 21.4. The summed E-state index contributed by atoms with van der Waals surface area (Å²) in [6, 6.07) is 3.96. The van der Waals surface area contributed by atoms with Crippen molar-refractivity contribution < 1.29 is 26.7 Å². The van der Waals surface area contributed by atoms with Crippen LogP contribution < -0.4 is 5.32 Å². The van der Waals surface area contributed by atoms with Gasteiger partial charge in [0.25, 0.3) is 0 Å². The molecule has 1 N–H and O–H groups in total. The number of halogens is 5. The third-order valence-electron chi connectivity index (χ3n) is 2.95. The number of rotatable bonds is 2. The molecule has 2 rings (SSSR count). The second-order valence-electron chi connectivity index (χ2n) is 4.28. The van der Waals surface area contributed by atoms with Gasteiger partial charge in [-0.05, 0) is 5.56 Å². The number of hydrogen-bond acceptors (Lipinski definition) is 2. The molecule has 0 unspecified atom stereocenters. The van der Waals surface area contributed by atoms with E-state index in [1.807, 2.05) is 0 Å². The molecule has 1 fully saturated rings. The van der Waals surface area contributed by atoms with E-state index in [1.165, 1.54) is 12.1 Å². The van der Waals surface area contributed by atoms with Gasteiger partial charge < -0.3 is 10.1 Å². The van der Waals surface area contributed by atoms with Crippen LogP contribution in [0.1, 0.15) is 17.2 Å². The number of hydrogen-bond donors (Lipinski definition) is 1. The highest BCUT2D eigenvalue weighted by Crippen LogP contribution is 2.43. The fraction of sp³-hybridized carbons (Fsp3) is 0.500. The quantitative estimate of drug-likeness (QED) is 0.841. The molecule has 106 valence electrons. The molecule has 1 atom stereocenters. The van der Waals surface area contributed by atoms with Gasteiger partial charge in [0.1, 0.15) is 0 Å². The minimum absolute atomic E-state index is 0.178. The number of morpholine rings is 1. The Bertz CT molecular complexity index is 423. The molecule has 1 aromatic rings. The molecule has 1 aliphatic heterocycles. The Morgan fingerprint density at radius 1 is 1.05 bits per heavy atom. The van der Waals surface area contributed by atoms with Crippen LogP contribution in [0.15, 0.2) is 24.3 Å². The Labute approximate surface area is 106 Å². The van der Waals surface area contributed by atoms with Gasteiger partial charge in [-0.25, -0.2) is 0 Å². The average molecular weight is 281 g/mol. The zero-order chi connectivity index (χ0) is 14.1. The van der Waals surface area contributed by atoms with Crippen LogP contribution in [0, 0.1) is 0 Å².